The van der Waals surface area contributed by atoms with E-state index in [0.717, 1.165) is 16.7 Å². The van der Waals surface area contributed by atoms with Gasteiger partial charge >= 0.3 is 0 Å². The van der Waals surface area contributed by atoms with Gasteiger partial charge in [0.15, 0.2) is 5.60 Å². The number of ether oxygens (including phenoxy) is 2. The van der Waals surface area contributed by atoms with Crippen LogP contribution in [-0.4, -0.2) is 13.2 Å². The topological polar surface area (TPSA) is 18.5 Å². The molecule has 1 heterocycles. The fourth-order valence-electron chi connectivity index (χ4n) is 3.56. The minimum absolute atomic E-state index is 0.444. The Morgan fingerprint density at radius 2 is 0.960 bits per heavy atom. The van der Waals surface area contributed by atoms with E-state index >= 15 is 0 Å². The second kappa shape index (κ2) is 6.64. The Kier molecular flexibility index (Phi) is 4.34. The van der Waals surface area contributed by atoms with Gasteiger partial charge in [0.25, 0.3) is 0 Å². The summed E-state index contributed by atoms with van der Waals surface area (Å²) in [6.07, 6.45) is 0. The maximum Gasteiger partial charge on any atom is 0.204 e. The summed E-state index contributed by atoms with van der Waals surface area (Å²) in [4.78, 5) is 0. The molecule has 1 fully saturated rings. The summed E-state index contributed by atoms with van der Waals surface area (Å²) in [6.45, 7) is 0.922. The van der Waals surface area contributed by atoms with Crippen LogP contribution in [0.25, 0.3) is 0 Å². The molecular weight excluding hydrogens is 332 g/mol. The first kappa shape index (κ1) is 16.3. The van der Waals surface area contributed by atoms with Gasteiger partial charge in [0.05, 0.1) is 13.2 Å². The van der Waals surface area contributed by atoms with Crippen molar-refractivity contribution in [2.24, 2.45) is 0 Å². The Labute approximate surface area is 153 Å². The standard InChI is InChI=1S/C22H19ClO2/c23-22(20-14-8-3-9-15-20)21(24-16-17-25-22,18-10-4-1-5-11-18)19-12-6-2-7-13-19/h1-15H,16-17H2/t22-/m0/s1. The van der Waals surface area contributed by atoms with E-state index in [2.05, 4.69) is 0 Å². The summed E-state index contributed by atoms with van der Waals surface area (Å²) in [7, 11) is 0. The average Bonchev–Trinajstić information content (AvgIpc) is 2.70. The monoisotopic (exact) mass is 350 g/mol. The number of alkyl halides is 1. The molecule has 0 amide bonds. The van der Waals surface area contributed by atoms with Crippen LogP contribution in [0.15, 0.2) is 91.0 Å². The molecule has 0 spiro atoms. The Morgan fingerprint density at radius 1 is 0.560 bits per heavy atom. The predicted octanol–water partition coefficient (Wildman–Crippen LogP) is 5.07. The van der Waals surface area contributed by atoms with Gasteiger partial charge in [-0.3, -0.25) is 0 Å². The smallest absolute Gasteiger partial charge is 0.204 e. The molecule has 3 aromatic carbocycles. The van der Waals surface area contributed by atoms with Gasteiger partial charge in [-0.15, -0.1) is 0 Å². The SMILES string of the molecule is Cl[C@@]1(c2ccccc2)OCCOC1(c1ccccc1)c1ccccc1. The molecule has 0 saturated carbocycles. The zero-order chi connectivity index (χ0) is 17.2. The van der Waals surface area contributed by atoms with Crippen molar-refractivity contribution in [3.63, 3.8) is 0 Å². The zero-order valence-corrected chi connectivity index (χ0v) is 14.5. The van der Waals surface area contributed by atoms with Gasteiger partial charge in [0.2, 0.25) is 5.06 Å². The van der Waals surface area contributed by atoms with Crippen LogP contribution in [-0.2, 0) is 20.1 Å². The van der Waals surface area contributed by atoms with Crippen LogP contribution in [0.3, 0.4) is 0 Å². The molecule has 1 aliphatic heterocycles. The van der Waals surface area contributed by atoms with E-state index in [-0.39, 0.29) is 0 Å². The van der Waals surface area contributed by atoms with Gasteiger partial charge < -0.3 is 9.47 Å². The van der Waals surface area contributed by atoms with Crippen molar-refractivity contribution < 1.29 is 9.47 Å². The van der Waals surface area contributed by atoms with Gasteiger partial charge in [-0.1, -0.05) is 103 Å². The Bertz CT molecular complexity index is 781. The van der Waals surface area contributed by atoms with Crippen LogP contribution >= 0.6 is 11.6 Å². The molecular formula is C22H19ClO2. The molecule has 0 aromatic heterocycles. The van der Waals surface area contributed by atoms with Crippen molar-refractivity contribution in [1.29, 1.82) is 0 Å². The van der Waals surface area contributed by atoms with E-state index < -0.39 is 10.7 Å². The van der Waals surface area contributed by atoms with Gasteiger partial charge in [-0.05, 0) is 11.1 Å². The third-order valence-corrected chi connectivity index (χ3v) is 5.25. The van der Waals surface area contributed by atoms with Crippen LogP contribution < -0.4 is 0 Å². The predicted molar refractivity (Wildman–Crippen MR) is 99.5 cm³/mol. The molecule has 1 atom stereocenters. The lowest BCUT2D eigenvalue weighted by atomic mass is 9.77. The van der Waals surface area contributed by atoms with E-state index in [4.69, 9.17) is 21.1 Å². The number of benzene rings is 3. The molecule has 1 aliphatic rings. The summed E-state index contributed by atoms with van der Waals surface area (Å²) in [5.74, 6) is 0. The number of rotatable bonds is 3. The summed E-state index contributed by atoms with van der Waals surface area (Å²) in [5, 5.41) is -1.16. The lowest BCUT2D eigenvalue weighted by Crippen LogP contribution is -2.54. The van der Waals surface area contributed by atoms with Gasteiger partial charge in [-0.2, -0.15) is 0 Å². The van der Waals surface area contributed by atoms with Gasteiger partial charge in [-0.25, -0.2) is 0 Å². The Hall–Kier alpha value is -2.13. The highest BCUT2D eigenvalue weighted by molar-refractivity contribution is 6.24. The van der Waals surface area contributed by atoms with Crippen molar-refractivity contribution in [1.82, 2.24) is 0 Å². The number of halogens is 1. The molecule has 0 N–H and O–H groups in total. The quantitative estimate of drug-likeness (QED) is 0.614. The van der Waals surface area contributed by atoms with Crippen LogP contribution in [0.5, 0.6) is 0 Å². The third-order valence-electron chi connectivity index (χ3n) is 4.66. The van der Waals surface area contributed by atoms with Crippen molar-refractivity contribution in [2.45, 2.75) is 10.7 Å². The second-order valence-corrected chi connectivity index (χ2v) is 6.60. The molecule has 2 nitrogen and oxygen atoms in total. The Balaban J connectivity index is 2.01. The van der Waals surface area contributed by atoms with E-state index in [1.54, 1.807) is 0 Å². The molecule has 0 aliphatic carbocycles. The minimum atomic E-state index is -1.16. The van der Waals surface area contributed by atoms with Crippen LogP contribution in [0.4, 0.5) is 0 Å². The van der Waals surface area contributed by atoms with Crippen LogP contribution in [0.2, 0.25) is 0 Å². The molecule has 0 bridgehead atoms. The molecule has 25 heavy (non-hydrogen) atoms. The molecule has 3 heteroatoms. The highest BCUT2D eigenvalue weighted by Crippen LogP contribution is 2.55. The number of hydrogen-bond acceptors (Lipinski definition) is 2. The second-order valence-electron chi connectivity index (χ2n) is 6.07. The first-order chi connectivity index (χ1) is 12.3. The van der Waals surface area contributed by atoms with Crippen molar-refractivity contribution in [3.05, 3.63) is 108 Å². The lowest BCUT2D eigenvalue weighted by molar-refractivity contribution is -0.216. The minimum Gasteiger partial charge on any atom is -0.358 e. The molecule has 1 saturated heterocycles. The van der Waals surface area contributed by atoms with E-state index in [0.29, 0.717) is 13.2 Å². The van der Waals surface area contributed by atoms with E-state index in [9.17, 15) is 0 Å². The van der Waals surface area contributed by atoms with Crippen LogP contribution in [0, 0.1) is 0 Å². The van der Waals surface area contributed by atoms with E-state index in [1.807, 2.05) is 91.0 Å². The normalized spacial score (nSPS) is 22.4. The summed E-state index contributed by atoms with van der Waals surface area (Å²) < 4.78 is 12.7. The lowest BCUT2D eigenvalue weighted by Gasteiger charge is -2.50. The van der Waals surface area contributed by atoms with Gasteiger partial charge in [0.1, 0.15) is 0 Å². The average molecular weight is 351 g/mol. The van der Waals surface area contributed by atoms with Crippen molar-refractivity contribution in [3.8, 4) is 0 Å². The first-order valence-corrected chi connectivity index (χ1v) is 8.78. The maximum absolute atomic E-state index is 7.25. The van der Waals surface area contributed by atoms with Gasteiger partial charge in [0, 0.05) is 5.56 Å². The molecule has 3 aromatic rings. The highest BCUT2D eigenvalue weighted by atomic mass is 35.5. The highest BCUT2D eigenvalue weighted by Gasteiger charge is 2.58. The van der Waals surface area contributed by atoms with Crippen molar-refractivity contribution in [2.75, 3.05) is 13.2 Å². The molecule has 126 valence electrons. The first-order valence-electron chi connectivity index (χ1n) is 8.41. The number of hydrogen-bond donors (Lipinski definition) is 0. The fourth-order valence-corrected chi connectivity index (χ4v) is 4.04. The summed E-state index contributed by atoms with van der Waals surface area (Å²) >= 11 is 7.25. The molecule has 0 unspecified atom stereocenters. The molecule has 0 radical (unpaired) electrons. The fraction of sp³-hybridized carbons (Fsp3) is 0.182. The summed E-state index contributed by atoms with van der Waals surface area (Å²) in [6, 6.07) is 30.0. The molecule has 4 rings (SSSR count). The van der Waals surface area contributed by atoms with Crippen LogP contribution in [0.1, 0.15) is 16.7 Å². The summed E-state index contributed by atoms with van der Waals surface area (Å²) in [5.41, 5.74) is 1.89. The third kappa shape index (κ3) is 2.58. The maximum atomic E-state index is 7.25. The largest absolute Gasteiger partial charge is 0.358 e. The zero-order valence-electron chi connectivity index (χ0n) is 13.8. The van der Waals surface area contributed by atoms with E-state index in [1.165, 1.54) is 0 Å². The Morgan fingerprint density at radius 3 is 1.44 bits per heavy atom. The van der Waals surface area contributed by atoms with Crippen molar-refractivity contribution >= 4 is 11.6 Å².